The van der Waals surface area contributed by atoms with Crippen LogP contribution in [-0.2, 0) is 10.0 Å². The molecule has 0 spiro atoms. The van der Waals surface area contributed by atoms with E-state index in [9.17, 15) is 13.2 Å². The van der Waals surface area contributed by atoms with Crippen molar-refractivity contribution in [2.75, 3.05) is 40.1 Å². The van der Waals surface area contributed by atoms with Gasteiger partial charge in [0.05, 0.1) is 4.90 Å². The average Bonchev–Trinajstić information content (AvgIpc) is 2.83. The minimum atomic E-state index is -3.98. The van der Waals surface area contributed by atoms with Crippen LogP contribution in [0.25, 0.3) is 0 Å². The van der Waals surface area contributed by atoms with Gasteiger partial charge in [-0.1, -0.05) is 0 Å². The molecule has 0 bridgehead atoms. The molecule has 3 rings (SSSR count). The molecule has 0 atom stereocenters. The second-order valence-electron chi connectivity index (χ2n) is 8.70. The summed E-state index contributed by atoms with van der Waals surface area (Å²) in [5.74, 6) is 1.67. The molecule has 19 heteroatoms. The Morgan fingerprint density at radius 2 is 1.50 bits per heavy atom. The van der Waals surface area contributed by atoms with Crippen LogP contribution >= 0.6 is 23.2 Å². The maximum atomic E-state index is 11.2. The molecule has 3 aromatic rings. The molecule has 2 heterocycles. The van der Waals surface area contributed by atoms with Crippen LogP contribution in [0.2, 0.25) is 10.6 Å². The fourth-order valence-electron chi connectivity index (χ4n) is 2.95. The minimum Gasteiger partial charge on any atom is -0.464 e. The standard InChI is InChI=1S/2C8H14ClN5.C7H8N2O4S/c1-4-14(5(2)3)8-12-6(9)11-7(10)13-8;1-4-10-7-12-6(9)13-8(14-7)11-5(2)3;8-5-1-3-6(4-2-5)14(12,13)9-7(10)11/h5H,4H2,1-3H3,(H2,10,11,12,13);5H,4H2,1-3H3,(H2,10,11,12,13,14);1-4,9H,8H2,(H,10,11). The zero-order valence-corrected chi connectivity index (χ0v) is 26.3. The number of amides is 1. The van der Waals surface area contributed by atoms with E-state index in [1.54, 1.807) is 0 Å². The molecule has 2 aromatic heterocycles. The number of anilines is 5. The molecular weight excluding hydrogens is 611 g/mol. The number of sulfonamides is 1. The van der Waals surface area contributed by atoms with E-state index >= 15 is 0 Å². The number of hydrogen-bond donors (Lipinski definition) is 6. The summed E-state index contributed by atoms with van der Waals surface area (Å²) in [5, 5.41) is 14.6. The molecule has 0 saturated carbocycles. The summed E-state index contributed by atoms with van der Waals surface area (Å²) in [7, 11) is -3.98. The van der Waals surface area contributed by atoms with Gasteiger partial charge in [-0.25, -0.2) is 17.9 Å². The Labute approximate surface area is 254 Å². The summed E-state index contributed by atoms with van der Waals surface area (Å²) < 4.78 is 23.8. The second-order valence-corrected chi connectivity index (χ2v) is 11.1. The van der Waals surface area contributed by atoms with E-state index in [0.29, 0.717) is 29.6 Å². The van der Waals surface area contributed by atoms with Crippen molar-refractivity contribution in [3.63, 3.8) is 0 Å². The lowest BCUT2D eigenvalue weighted by Crippen LogP contribution is -2.32. The summed E-state index contributed by atoms with van der Waals surface area (Å²) >= 11 is 11.4. The molecule has 0 saturated heterocycles. The molecule has 0 unspecified atom stereocenters. The zero-order chi connectivity index (χ0) is 32.0. The van der Waals surface area contributed by atoms with Crippen LogP contribution in [0.15, 0.2) is 29.2 Å². The quantitative estimate of drug-likeness (QED) is 0.183. The Hall–Kier alpha value is -3.96. The number of benzene rings is 1. The van der Waals surface area contributed by atoms with Gasteiger partial charge >= 0.3 is 6.09 Å². The van der Waals surface area contributed by atoms with Gasteiger partial charge in [0.15, 0.2) is 0 Å². The van der Waals surface area contributed by atoms with Gasteiger partial charge in [-0.15, -0.1) is 0 Å². The van der Waals surface area contributed by atoms with Gasteiger partial charge in [-0.3, -0.25) is 0 Å². The van der Waals surface area contributed by atoms with Crippen LogP contribution in [-0.4, -0.2) is 74.7 Å². The number of rotatable bonds is 9. The van der Waals surface area contributed by atoms with Crippen molar-refractivity contribution in [1.29, 1.82) is 0 Å². The first-order valence-electron chi connectivity index (χ1n) is 12.5. The topological polar surface area (TPSA) is 240 Å². The molecule has 8 N–H and O–H groups in total. The third-order valence-corrected chi connectivity index (χ3v) is 6.28. The number of nitrogens with two attached hydrogens (primary N) is 2. The third-order valence-electron chi connectivity index (χ3n) is 4.61. The largest absolute Gasteiger partial charge is 0.464 e. The van der Waals surface area contributed by atoms with E-state index < -0.39 is 16.1 Å². The van der Waals surface area contributed by atoms with Gasteiger partial charge in [0.2, 0.25) is 34.4 Å². The van der Waals surface area contributed by atoms with Gasteiger partial charge in [-0.2, -0.15) is 29.9 Å². The summed E-state index contributed by atoms with van der Waals surface area (Å²) in [6, 6.07) is 5.76. The zero-order valence-electron chi connectivity index (χ0n) is 24.0. The van der Waals surface area contributed by atoms with Crippen molar-refractivity contribution in [3.05, 3.63) is 34.8 Å². The van der Waals surface area contributed by atoms with Crippen molar-refractivity contribution in [1.82, 2.24) is 34.6 Å². The number of aromatic nitrogens is 6. The molecule has 42 heavy (non-hydrogen) atoms. The molecule has 1 amide bonds. The van der Waals surface area contributed by atoms with Gasteiger partial charge in [0.25, 0.3) is 10.0 Å². The lowest BCUT2D eigenvalue weighted by molar-refractivity contribution is 0.201. The lowest BCUT2D eigenvalue weighted by atomic mass is 10.3. The fourth-order valence-corrected chi connectivity index (χ4v) is 4.12. The highest BCUT2D eigenvalue weighted by Crippen LogP contribution is 2.14. The molecule has 16 nitrogen and oxygen atoms in total. The van der Waals surface area contributed by atoms with E-state index in [1.165, 1.54) is 29.0 Å². The highest BCUT2D eigenvalue weighted by molar-refractivity contribution is 7.90. The van der Waals surface area contributed by atoms with E-state index in [-0.39, 0.29) is 27.5 Å². The summed E-state index contributed by atoms with van der Waals surface area (Å²) in [4.78, 5) is 35.7. The van der Waals surface area contributed by atoms with E-state index in [1.807, 2.05) is 32.6 Å². The van der Waals surface area contributed by atoms with E-state index in [2.05, 4.69) is 54.4 Å². The highest BCUT2D eigenvalue weighted by Gasteiger charge is 2.16. The van der Waals surface area contributed by atoms with E-state index in [4.69, 9.17) is 39.8 Å². The van der Waals surface area contributed by atoms with Crippen LogP contribution < -0.4 is 31.7 Å². The van der Waals surface area contributed by atoms with Gasteiger partial charge in [0.1, 0.15) is 0 Å². The van der Waals surface area contributed by atoms with Gasteiger partial charge in [0, 0.05) is 30.9 Å². The normalized spacial score (nSPS) is 10.6. The number of nitrogens with zero attached hydrogens (tertiary/aromatic N) is 7. The SMILES string of the molecule is CCN(c1nc(N)nc(Cl)n1)C(C)C.CCNc1nc(Cl)nc(NC(C)C)n1.Nc1ccc(S(=O)(=O)NC(=O)O)cc1. The fraction of sp³-hybridized carbons (Fsp3) is 0.435. The van der Waals surface area contributed by atoms with Crippen molar-refractivity contribution in [3.8, 4) is 0 Å². The number of halogens is 2. The maximum Gasteiger partial charge on any atom is 0.418 e. The van der Waals surface area contributed by atoms with Gasteiger partial charge in [-0.05, 0) is 89.0 Å². The highest BCUT2D eigenvalue weighted by atomic mass is 35.5. The van der Waals surface area contributed by atoms with Crippen molar-refractivity contribution >= 4 is 68.8 Å². The third kappa shape index (κ3) is 13.1. The van der Waals surface area contributed by atoms with Crippen LogP contribution in [0.3, 0.4) is 0 Å². The van der Waals surface area contributed by atoms with Gasteiger partial charge < -0.3 is 32.1 Å². The van der Waals surface area contributed by atoms with Crippen molar-refractivity contribution in [2.45, 2.75) is 58.5 Å². The summed E-state index contributed by atoms with van der Waals surface area (Å²) in [6.45, 7) is 13.7. The van der Waals surface area contributed by atoms with Crippen LogP contribution in [0.5, 0.6) is 0 Å². The number of nitrogens with one attached hydrogen (secondary N) is 3. The predicted octanol–water partition coefficient (Wildman–Crippen LogP) is 3.34. The molecule has 0 aliphatic carbocycles. The first-order valence-corrected chi connectivity index (χ1v) is 14.8. The van der Waals surface area contributed by atoms with Crippen LogP contribution in [0.1, 0.15) is 41.5 Å². The first-order chi connectivity index (χ1) is 19.6. The number of carboxylic acid groups (broad SMARTS) is 1. The smallest absolute Gasteiger partial charge is 0.418 e. The lowest BCUT2D eigenvalue weighted by Gasteiger charge is -2.24. The van der Waals surface area contributed by atoms with Crippen LogP contribution in [0, 0.1) is 0 Å². The van der Waals surface area contributed by atoms with Crippen molar-refractivity contribution < 1.29 is 18.3 Å². The minimum absolute atomic E-state index is 0.131. The number of nitrogen functional groups attached to an aromatic ring is 2. The molecule has 232 valence electrons. The van der Waals surface area contributed by atoms with Crippen molar-refractivity contribution in [2.24, 2.45) is 0 Å². The Morgan fingerprint density at radius 1 is 0.929 bits per heavy atom. The first kappa shape index (κ1) is 36.1. The Morgan fingerprint density at radius 3 is 1.98 bits per heavy atom. The molecular formula is C23H36Cl2N12O4S. The monoisotopic (exact) mass is 646 g/mol. The molecule has 0 radical (unpaired) electrons. The molecule has 0 aliphatic rings. The molecule has 0 fully saturated rings. The second kappa shape index (κ2) is 17.1. The predicted molar refractivity (Wildman–Crippen MR) is 164 cm³/mol. The maximum absolute atomic E-state index is 11.2. The Bertz CT molecular complexity index is 1380. The molecule has 0 aliphatic heterocycles. The Balaban J connectivity index is 0.000000315. The number of hydrogen-bond acceptors (Lipinski definition) is 14. The van der Waals surface area contributed by atoms with E-state index in [0.717, 1.165) is 13.1 Å². The molecule has 1 aromatic carbocycles. The summed E-state index contributed by atoms with van der Waals surface area (Å²) in [5.41, 5.74) is 11.2. The number of carbonyl (C=O) groups is 1. The summed E-state index contributed by atoms with van der Waals surface area (Å²) in [6.07, 6.45) is -1.62. The average molecular weight is 648 g/mol. The van der Waals surface area contributed by atoms with Crippen LogP contribution in [0.4, 0.5) is 34.3 Å². The Kier molecular flexibility index (Phi) is 14.7.